The molecule has 1 N–H and O–H groups in total. The molecule has 0 saturated carbocycles. The number of para-hydroxylation sites is 1. The summed E-state index contributed by atoms with van der Waals surface area (Å²) >= 11 is 5.14. The molecule has 0 unspecified atom stereocenters. The first-order valence-corrected chi connectivity index (χ1v) is 9.01. The van der Waals surface area contributed by atoms with E-state index in [0.717, 1.165) is 28.1 Å². The molecular formula is C17H21BrN2O2S. The first-order chi connectivity index (χ1) is 11.1. The van der Waals surface area contributed by atoms with Crippen molar-refractivity contribution in [3.63, 3.8) is 0 Å². The lowest BCUT2D eigenvalue weighted by Gasteiger charge is -2.15. The third-order valence-corrected chi connectivity index (χ3v) is 4.99. The lowest BCUT2D eigenvalue weighted by molar-refractivity contribution is -0.122. The number of hydrogen-bond donors (Lipinski definition) is 1. The molecule has 0 aliphatic rings. The molecule has 124 valence electrons. The van der Waals surface area contributed by atoms with Crippen molar-refractivity contribution in [3.05, 3.63) is 50.6 Å². The highest BCUT2D eigenvalue weighted by Crippen LogP contribution is 2.22. The van der Waals surface area contributed by atoms with Gasteiger partial charge in [-0.15, -0.1) is 11.3 Å². The van der Waals surface area contributed by atoms with E-state index < -0.39 is 0 Å². The van der Waals surface area contributed by atoms with Gasteiger partial charge >= 0.3 is 0 Å². The van der Waals surface area contributed by atoms with E-state index >= 15 is 0 Å². The Hall–Kier alpha value is -1.37. The molecule has 0 fully saturated rings. The average Bonchev–Trinajstić information content (AvgIpc) is 2.92. The zero-order valence-corrected chi connectivity index (χ0v) is 15.7. The monoisotopic (exact) mass is 396 g/mol. The van der Waals surface area contributed by atoms with Crippen LogP contribution in [0.5, 0.6) is 5.75 Å². The quantitative estimate of drug-likeness (QED) is 0.743. The molecule has 6 heteroatoms. The summed E-state index contributed by atoms with van der Waals surface area (Å²) in [7, 11) is 3.61. The number of hydrogen-bond acceptors (Lipinski definition) is 4. The number of thiophene rings is 1. The molecule has 0 aliphatic heterocycles. The molecule has 0 spiro atoms. The Kier molecular flexibility index (Phi) is 7.08. The van der Waals surface area contributed by atoms with Crippen molar-refractivity contribution in [2.45, 2.75) is 13.0 Å². The Labute approximate surface area is 149 Å². The Bertz CT molecular complexity index is 645. The number of carbonyl (C=O) groups is 1. The maximum Gasteiger partial charge on any atom is 0.234 e. The summed E-state index contributed by atoms with van der Waals surface area (Å²) in [5.41, 5.74) is 1.10. The van der Waals surface area contributed by atoms with Crippen LogP contribution in [0.4, 0.5) is 0 Å². The summed E-state index contributed by atoms with van der Waals surface area (Å²) in [5.74, 6) is 0.903. The van der Waals surface area contributed by atoms with Crippen LogP contribution < -0.4 is 10.1 Å². The van der Waals surface area contributed by atoms with Crippen LogP contribution in [0.2, 0.25) is 0 Å². The number of likely N-dealkylation sites (N-methyl/N-ethyl adjacent to an activating group) is 1. The summed E-state index contributed by atoms with van der Waals surface area (Å²) in [6, 6.07) is 12.0. The van der Waals surface area contributed by atoms with Gasteiger partial charge in [-0.25, -0.2) is 0 Å². The van der Waals surface area contributed by atoms with E-state index in [9.17, 15) is 4.79 Å². The van der Waals surface area contributed by atoms with Crippen LogP contribution in [-0.2, 0) is 17.8 Å². The summed E-state index contributed by atoms with van der Waals surface area (Å²) in [6.07, 6.45) is 0.761. The zero-order valence-electron chi connectivity index (χ0n) is 13.3. The Morgan fingerprint density at radius 3 is 2.78 bits per heavy atom. The Balaban J connectivity index is 1.72. The normalized spacial score (nSPS) is 10.8. The minimum Gasteiger partial charge on any atom is -0.496 e. The zero-order chi connectivity index (χ0) is 16.7. The van der Waals surface area contributed by atoms with Crippen molar-refractivity contribution in [1.82, 2.24) is 10.2 Å². The molecule has 0 saturated heterocycles. The molecular weight excluding hydrogens is 376 g/mol. The molecule has 1 heterocycles. The van der Waals surface area contributed by atoms with E-state index in [-0.39, 0.29) is 5.91 Å². The van der Waals surface area contributed by atoms with Crippen LogP contribution in [0.15, 0.2) is 40.2 Å². The van der Waals surface area contributed by atoms with Gasteiger partial charge in [0.2, 0.25) is 5.91 Å². The predicted octanol–water partition coefficient (Wildman–Crippen LogP) is 3.31. The minimum atomic E-state index is 0.0398. The summed E-state index contributed by atoms with van der Waals surface area (Å²) in [5, 5.41) is 2.96. The third-order valence-electron chi connectivity index (χ3n) is 3.38. The molecule has 1 aromatic carbocycles. The van der Waals surface area contributed by atoms with Crippen LogP contribution in [0.25, 0.3) is 0 Å². The average molecular weight is 397 g/mol. The number of carbonyl (C=O) groups excluding carboxylic acids is 1. The van der Waals surface area contributed by atoms with Crippen LogP contribution >= 0.6 is 27.3 Å². The lowest BCUT2D eigenvalue weighted by atomic mass is 10.1. The fourth-order valence-electron chi connectivity index (χ4n) is 2.31. The lowest BCUT2D eigenvalue weighted by Crippen LogP contribution is -2.35. The van der Waals surface area contributed by atoms with Crippen molar-refractivity contribution < 1.29 is 9.53 Å². The first kappa shape index (κ1) is 18.0. The third kappa shape index (κ3) is 5.97. The second-order valence-corrected chi connectivity index (χ2v) is 7.84. The van der Waals surface area contributed by atoms with Crippen LogP contribution in [0, 0.1) is 0 Å². The number of nitrogens with zero attached hydrogens (tertiary/aromatic N) is 1. The van der Waals surface area contributed by atoms with Crippen molar-refractivity contribution in [3.8, 4) is 5.75 Å². The Morgan fingerprint density at radius 1 is 1.30 bits per heavy atom. The molecule has 0 atom stereocenters. The number of methoxy groups -OCH3 is 1. The number of benzene rings is 1. The molecule has 1 aromatic heterocycles. The summed E-state index contributed by atoms with van der Waals surface area (Å²) in [6.45, 7) is 1.77. The van der Waals surface area contributed by atoms with Gasteiger partial charge in [0.1, 0.15) is 5.75 Å². The topological polar surface area (TPSA) is 41.6 Å². The highest BCUT2D eigenvalue weighted by molar-refractivity contribution is 9.11. The minimum absolute atomic E-state index is 0.0398. The number of rotatable bonds is 8. The van der Waals surface area contributed by atoms with Crippen LogP contribution in [0.1, 0.15) is 10.4 Å². The van der Waals surface area contributed by atoms with E-state index in [1.807, 2.05) is 42.3 Å². The van der Waals surface area contributed by atoms with Gasteiger partial charge in [0.25, 0.3) is 0 Å². The van der Waals surface area contributed by atoms with E-state index in [1.165, 1.54) is 4.88 Å². The maximum absolute atomic E-state index is 12.0. The summed E-state index contributed by atoms with van der Waals surface area (Å²) < 4.78 is 6.43. The molecule has 2 rings (SSSR count). The fourth-order valence-corrected chi connectivity index (χ4v) is 3.87. The van der Waals surface area contributed by atoms with Gasteiger partial charge in [0.05, 0.1) is 17.4 Å². The standard InChI is InChI=1S/C17H21BrN2O2S/c1-20(11-14-7-8-16(18)23-14)12-17(21)19-10-9-13-5-3-4-6-15(13)22-2/h3-8H,9-12H2,1-2H3,(H,19,21). The van der Waals surface area contributed by atoms with E-state index in [1.54, 1.807) is 18.4 Å². The highest BCUT2D eigenvalue weighted by Gasteiger charge is 2.09. The van der Waals surface area contributed by atoms with Crippen LogP contribution in [-0.4, -0.2) is 38.1 Å². The second-order valence-electron chi connectivity index (χ2n) is 5.29. The van der Waals surface area contributed by atoms with Crippen molar-refractivity contribution in [1.29, 1.82) is 0 Å². The molecule has 0 bridgehead atoms. The Morgan fingerprint density at radius 2 is 2.09 bits per heavy atom. The fraction of sp³-hybridized carbons (Fsp3) is 0.353. The molecule has 4 nitrogen and oxygen atoms in total. The van der Waals surface area contributed by atoms with Crippen molar-refractivity contribution >= 4 is 33.2 Å². The number of ether oxygens (including phenoxy) is 1. The molecule has 2 aromatic rings. The smallest absolute Gasteiger partial charge is 0.234 e. The largest absolute Gasteiger partial charge is 0.496 e. The van der Waals surface area contributed by atoms with Gasteiger partial charge in [-0.2, -0.15) is 0 Å². The highest BCUT2D eigenvalue weighted by atomic mass is 79.9. The van der Waals surface area contributed by atoms with Gasteiger partial charge in [-0.1, -0.05) is 18.2 Å². The van der Waals surface area contributed by atoms with Crippen LogP contribution in [0.3, 0.4) is 0 Å². The number of nitrogens with one attached hydrogen (secondary N) is 1. The molecule has 0 aliphatic carbocycles. The maximum atomic E-state index is 12.0. The molecule has 0 radical (unpaired) electrons. The second kappa shape index (κ2) is 9.05. The van der Waals surface area contributed by atoms with E-state index in [2.05, 4.69) is 27.3 Å². The van der Waals surface area contributed by atoms with Crippen molar-refractivity contribution in [2.75, 3.05) is 27.2 Å². The summed E-state index contributed by atoms with van der Waals surface area (Å²) in [4.78, 5) is 15.3. The number of halogens is 1. The van der Waals surface area contributed by atoms with Gasteiger partial charge in [0.15, 0.2) is 0 Å². The molecule has 23 heavy (non-hydrogen) atoms. The van der Waals surface area contributed by atoms with Gasteiger partial charge < -0.3 is 10.1 Å². The van der Waals surface area contributed by atoms with Gasteiger partial charge in [-0.3, -0.25) is 9.69 Å². The first-order valence-electron chi connectivity index (χ1n) is 7.40. The SMILES string of the molecule is COc1ccccc1CCNC(=O)CN(C)Cc1ccc(Br)s1. The van der Waals surface area contributed by atoms with E-state index in [4.69, 9.17) is 4.74 Å². The predicted molar refractivity (Wildman–Crippen MR) is 98.1 cm³/mol. The number of amides is 1. The van der Waals surface area contributed by atoms with Gasteiger partial charge in [-0.05, 0) is 53.2 Å². The van der Waals surface area contributed by atoms with Crippen molar-refractivity contribution in [2.24, 2.45) is 0 Å². The molecule has 1 amide bonds. The van der Waals surface area contributed by atoms with Gasteiger partial charge in [0, 0.05) is 18.0 Å². The van der Waals surface area contributed by atoms with E-state index in [0.29, 0.717) is 13.1 Å².